The number of ether oxygens (including phenoxy) is 1. The quantitative estimate of drug-likeness (QED) is 0.847. The van der Waals surface area contributed by atoms with Gasteiger partial charge in [0.15, 0.2) is 11.4 Å². The molecule has 0 bridgehead atoms. The first-order valence-electron chi connectivity index (χ1n) is 5.22. The maximum atomic E-state index is 12.1. The second-order valence-electron chi connectivity index (χ2n) is 4.02. The van der Waals surface area contributed by atoms with Gasteiger partial charge in [0, 0.05) is 16.6 Å². The summed E-state index contributed by atoms with van der Waals surface area (Å²) in [5.41, 5.74) is -0.817. The Morgan fingerprint density at radius 2 is 2.06 bits per heavy atom. The van der Waals surface area contributed by atoms with Crippen molar-refractivity contribution in [3.05, 3.63) is 34.3 Å². The average Bonchev–Trinajstić information content (AvgIpc) is 2.30. The number of hydrogen-bond donors (Lipinski definition) is 1. The van der Waals surface area contributed by atoms with E-state index in [2.05, 4.69) is 15.9 Å². The maximum absolute atomic E-state index is 12.1. The Kier molecular flexibility index (Phi) is 3.42. The van der Waals surface area contributed by atoms with Gasteiger partial charge < -0.3 is 9.84 Å². The zero-order valence-corrected chi connectivity index (χ0v) is 10.4. The molecule has 1 heterocycles. The molecular weight excluding hydrogens is 272 g/mol. The predicted molar refractivity (Wildman–Crippen MR) is 63.5 cm³/mol. The second kappa shape index (κ2) is 4.65. The van der Waals surface area contributed by atoms with E-state index in [4.69, 9.17) is 4.74 Å². The molecule has 1 saturated heterocycles. The average molecular weight is 285 g/mol. The van der Waals surface area contributed by atoms with Crippen molar-refractivity contribution in [2.24, 2.45) is 0 Å². The number of carbonyl (C=O) groups is 1. The first-order chi connectivity index (χ1) is 7.62. The van der Waals surface area contributed by atoms with E-state index in [-0.39, 0.29) is 12.4 Å². The molecule has 0 aromatic heterocycles. The minimum atomic E-state index is -1.34. The van der Waals surface area contributed by atoms with E-state index < -0.39 is 5.60 Å². The van der Waals surface area contributed by atoms with Crippen molar-refractivity contribution in [2.45, 2.75) is 18.4 Å². The Labute approximate surface area is 103 Å². The second-order valence-corrected chi connectivity index (χ2v) is 4.94. The zero-order chi connectivity index (χ0) is 11.6. The number of benzene rings is 1. The lowest BCUT2D eigenvalue weighted by Gasteiger charge is -2.30. The third-order valence-corrected chi connectivity index (χ3v) is 3.28. The van der Waals surface area contributed by atoms with E-state index in [1.807, 2.05) is 0 Å². The Morgan fingerprint density at radius 1 is 1.38 bits per heavy atom. The number of ketones is 1. The Balaban J connectivity index is 2.20. The van der Waals surface area contributed by atoms with Crippen LogP contribution in [0.15, 0.2) is 28.7 Å². The summed E-state index contributed by atoms with van der Waals surface area (Å²) in [6.07, 6.45) is 1.20. The molecule has 16 heavy (non-hydrogen) atoms. The van der Waals surface area contributed by atoms with E-state index in [0.29, 0.717) is 18.6 Å². The molecule has 1 aromatic carbocycles. The van der Waals surface area contributed by atoms with Gasteiger partial charge in [0.2, 0.25) is 0 Å². The van der Waals surface area contributed by atoms with Crippen molar-refractivity contribution >= 4 is 21.7 Å². The molecule has 0 amide bonds. The fourth-order valence-corrected chi connectivity index (χ4v) is 2.09. The van der Waals surface area contributed by atoms with Gasteiger partial charge in [0.1, 0.15) is 0 Å². The molecule has 3 nitrogen and oxygen atoms in total. The van der Waals surface area contributed by atoms with Crippen molar-refractivity contribution in [1.29, 1.82) is 0 Å². The van der Waals surface area contributed by atoms with Crippen LogP contribution in [0.4, 0.5) is 0 Å². The van der Waals surface area contributed by atoms with Crippen molar-refractivity contribution in [1.82, 2.24) is 0 Å². The van der Waals surface area contributed by atoms with Crippen LogP contribution in [-0.2, 0) is 4.74 Å². The van der Waals surface area contributed by atoms with Gasteiger partial charge in [-0.2, -0.15) is 0 Å². The molecule has 1 N–H and O–H groups in total. The van der Waals surface area contributed by atoms with Gasteiger partial charge in [0.05, 0.1) is 6.61 Å². The minimum Gasteiger partial charge on any atom is -0.379 e. The summed E-state index contributed by atoms with van der Waals surface area (Å²) in [6, 6.07) is 7.00. The molecule has 0 aliphatic carbocycles. The molecule has 0 radical (unpaired) electrons. The van der Waals surface area contributed by atoms with Crippen molar-refractivity contribution in [3.8, 4) is 0 Å². The van der Waals surface area contributed by atoms with Crippen LogP contribution >= 0.6 is 15.9 Å². The number of halogens is 1. The summed E-state index contributed by atoms with van der Waals surface area (Å²) >= 11 is 3.31. The van der Waals surface area contributed by atoms with Gasteiger partial charge in [-0.25, -0.2) is 0 Å². The fraction of sp³-hybridized carbons (Fsp3) is 0.417. The molecule has 86 valence electrons. The monoisotopic (exact) mass is 284 g/mol. The summed E-state index contributed by atoms with van der Waals surface area (Å²) in [7, 11) is 0. The summed E-state index contributed by atoms with van der Waals surface area (Å²) in [5.74, 6) is -0.250. The third-order valence-electron chi connectivity index (χ3n) is 2.75. The number of carbonyl (C=O) groups excluding carboxylic acids is 1. The Hall–Kier alpha value is -0.710. The number of rotatable bonds is 2. The summed E-state index contributed by atoms with van der Waals surface area (Å²) in [4.78, 5) is 12.1. The SMILES string of the molecule is O=C(c1ccc(Br)cc1)C1(O)CCCOC1. The van der Waals surface area contributed by atoms with Crippen LogP contribution < -0.4 is 0 Å². The van der Waals surface area contributed by atoms with Gasteiger partial charge in [-0.3, -0.25) is 4.79 Å². The lowest BCUT2D eigenvalue weighted by Crippen LogP contribution is -2.46. The van der Waals surface area contributed by atoms with Crippen LogP contribution in [0.25, 0.3) is 0 Å². The molecule has 1 aliphatic heterocycles. The molecule has 1 unspecified atom stereocenters. The van der Waals surface area contributed by atoms with Crippen LogP contribution in [0.2, 0.25) is 0 Å². The molecule has 0 saturated carbocycles. The normalized spacial score (nSPS) is 25.4. The lowest BCUT2D eigenvalue weighted by atomic mass is 9.88. The maximum Gasteiger partial charge on any atom is 0.196 e. The van der Waals surface area contributed by atoms with Crippen LogP contribution in [0, 0.1) is 0 Å². The molecule has 1 atom stereocenters. The van der Waals surface area contributed by atoms with Gasteiger partial charge >= 0.3 is 0 Å². The highest BCUT2D eigenvalue weighted by atomic mass is 79.9. The van der Waals surface area contributed by atoms with Gasteiger partial charge in [0.25, 0.3) is 0 Å². The van der Waals surface area contributed by atoms with E-state index in [1.54, 1.807) is 24.3 Å². The van der Waals surface area contributed by atoms with Crippen LogP contribution in [0.3, 0.4) is 0 Å². The fourth-order valence-electron chi connectivity index (χ4n) is 1.83. The number of hydrogen-bond acceptors (Lipinski definition) is 3. The number of aliphatic hydroxyl groups is 1. The van der Waals surface area contributed by atoms with Crippen molar-refractivity contribution < 1.29 is 14.6 Å². The summed E-state index contributed by atoms with van der Waals surface area (Å²) < 4.78 is 6.08. The topological polar surface area (TPSA) is 46.5 Å². The van der Waals surface area contributed by atoms with Gasteiger partial charge in [-0.1, -0.05) is 28.1 Å². The zero-order valence-electron chi connectivity index (χ0n) is 8.78. The van der Waals surface area contributed by atoms with E-state index >= 15 is 0 Å². The van der Waals surface area contributed by atoms with Crippen LogP contribution in [0.5, 0.6) is 0 Å². The van der Waals surface area contributed by atoms with Crippen LogP contribution in [0.1, 0.15) is 23.2 Å². The molecule has 4 heteroatoms. The number of Topliss-reactive ketones (excluding diaryl/α,β-unsaturated/α-hetero) is 1. The van der Waals surface area contributed by atoms with Gasteiger partial charge in [-0.15, -0.1) is 0 Å². The molecule has 1 fully saturated rings. The summed E-state index contributed by atoms with van der Waals surface area (Å²) in [6.45, 7) is 0.720. The molecule has 0 spiro atoms. The van der Waals surface area contributed by atoms with Gasteiger partial charge in [-0.05, 0) is 25.0 Å². The van der Waals surface area contributed by atoms with E-state index in [0.717, 1.165) is 10.9 Å². The third kappa shape index (κ3) is 2.34. The van der Waals surface area contributed by atoms with E-state index in [9.17, 15) is 9.90 Å². The van der Waals surface area contributed by atoms with Crippen LogP contribution in [-0.4, -0.2) is 29.7 Å². The highest BCUT2D eigenvalue weighted by Crippen LogP contribution is 2.24. The standard InChI is InChI=1S/C12H13BrO3/c13-10-4-2-9(3-5-10)11(14)12(15)6-1-7-16-8-12/h2-5,15H,1,6-8H2. The predicted octanol–water partition coefficient (Wildman–Crippen LogP) is 2.17. The Bertz CT molecular complexity index is 380. The lowest BCUT2D eigenvalue weighted by molar-refractivity contribution is -0.0622. The minimum absolute atomic E-state index is 0.0991. The first kappa shape index (κ1) is 11.8. The highest BCUT2D eigenvalue weighted by molar-refractivity contribution is 9.10. The Morgan fingerprint density at radius 3 is 2.62 bits per heavy atom. The molecular formula is C12H13BrO3. The molecule has 1 aromatic rings. The smallest absolute Gasteiger partial charge is 0.196 e. The van der Waals surface area contributed by atoms with E-state index in [1.165, 1.54) is 0 Å². The highest BCUT2D eigenvalue weighted by Gasteiger charge is 2.38. The largest absolute Gasteiger partial charge is 0.379 e. The molecule has 1 aliphatic rings. The van der Waals surface area contributed by atoms with Crippen molar-refractivity contribution in [2.75, 3.05) is 13.2 Å². The summed E-state index contributed by atoms with van der Waals surface area (Å²) in [5, 5.41) is 10.2. The first-order valence-corrected chi connectivity index (χ1v) is 6.02. The molecule has 2 rings (SSSR count). The van der Waals surface area contributed by atoms with Crippen molar-refractivity contribution in [3.63, 3.8) is 0 Å².